The van der Waals surface area contributed by atoms with Crippen LogP contribution in [0.3, 0.4) is 0 Å². The minimum atomic E-state index is 0.0375. The zero-order valence-electron chi connectivity index (χ0n) is 12.2. The van der Waals surface area contributed by atoms with Gasteiger partial charge < -0.3 is 9.64 Å². The van der Waals surface area contributed by atoms with E-state index in [0.717, 1.165) is 13.0 Å². The van der Waals surface area contributed by atoms with E-state index < -0.39 is 0 Å². The Morgan fingerprint density at radius 3 is 2.95 bits per heavy atom. The van der Waals surface area contributed by atoms with E-state index in [0.29, 0.717) is 18.0 Å². The molecule has 0 aromatic carbocycles. The van der Waals surface area contributed by atoms with Crippen molar-refractivity contribution in [3.05, 3.63) is 45.8 Å². The van der Waals surface area contributed by atoms with Gasteiger partial charge in [0.2, 0.25) is 5.88 Å². The number of thiophene rings is 1. The Balaban J connectivity index is 1.71. The van der Waals surface area contributed by atoms with Gasteiger partial charge in [0.15, 0.2) is 0 Å². The maximum Gasteiger partial charge on any atom is 0.255 e. The van der Waals surface area contributed by atoms with Crippen molar-refractivity contribution in [3.8, 4) is 5.88 Å². The minimum absolute atomic E-state index is 0.0375. The lowest BCUT2D eigenvalue weighted by Gasteiger charge is -2.27. The molecular weight excluding hydrogens is 284 g/mol. The molecule has 3 rings (SSSR count). The second kappa shape index (κ2) is 5.85. The summed E-state index contributed by atoms with van der Waals surface area (Å²) in [4.78, 5) is 20.0. The fourth-order valence-corrected chi connectivity index (χ4v) is 3.31. The lowest BCUT2D eigenvalue weighted by atomic mass is 10.1. The summed E-state index contributed by atoms with van der Waals surface area (Å²) in [6, 6.07) is 5.65. The van der Waals surface area contributed by atoms with E-state index in [-0.39, 0.29) is 12.0 Å². The van der Waals surface area contributed by atoms with E-state index in [2.05, 4.69) is 16.4 Å². The van der Waals surface area contributed by atoms with Gasteiger partial charge in [0, 0.05) is 30.2 Å². The number of hydrogen-bond donors (Lipinski definition) is 0. The topological polar surface area (TPSA) is 42.4 Å². The van der Waals surface area contributed by atoms with Gasteiger partial charge >= 0.3 is 0 Å². The number of ether oxygens (including phenoxy) is 1. The number of rotatable bonds is 3. The van der Waals surface area contributed by atoms with Crippen molar-refractivity contribution in [2.75, 3.05) is 6.54 Å². The number of carbonyl (C=O) groups excluding carboxylic acids is 1. The van der Waals surface area contributed by atoms with E-state index in [1.54, 1.807) is 29.7 Å². The van der Waals surface area contributed by atoms with E-state index in [9.17, 15) is 4.79 Å². The highest BCUT2D eigenvalue weighted by Gasteiger charge is 2.22. The monoisotopic (exact) mass is 302 g/mol. The average molecular weight is 302 g/mol. The van der Waals surface area contributed by atoms with Gasteiger partial charge in [-0.15, -0.1) is 11.3 Å². The first-order valence-corrected chi connectivity index (χ1v) is 7.98. The molecule has 0 saturated carbocycles. The maximum atomic E-state index is 12.5. The summed E-state index contributed by atoms with van der Waals surface area (Å²) in [5.41, 5.74) is 1.89. The Morgan fingerprint density at radius 1 is 1.38 bits per heavy atom. The number of carbonyl (C=O) groups is 1. The van der Waals surface area contributed by atoms with Crippen molar-refractivity contribution >= 4 is 17.2 Å². The van der Waals surface area contributed by atoms with Crippen LogP contribution in [0.4, 0.5) is 0 Å². The van der Waals surface area contributed by atoms with Crippen LogP contribution in [0.1, 0.15) is 34.6 Å². The lowest BCUT2D eigenvalue weighted by molar-refractivity contribution is 0.0735. The Hall–Kier alpha value is -1.88. The highest BCUT2D eigenvalue weighted by molar-refractivity contribution is 7.10. The van der Waals surface area contributed by atoms with Crippen molar-refractivity contribution in [1.29, 1.82) is 0 Å². The predicted molar refractivity (Wildman–Crippen MR) is 82.8 cm³/mol. The smallest absolute Gasteiger partial charge is 0.255 e. The SMILES string of the molecule is CC(C)Oc1ccc(C(=O)N2CCc3sccc3C2)cn1. The third-order valence-corrected chi connectivity index (χ3v) is 4.46. The van der Waals surface area contributed by atoms with Crippen LogP contribution < -0.4 is 4.74 Å². The Bertz CT molecular complexity index is 634. The second-order valence-electron chi connectivity index (χ2n) is 5.40. The standard InChI is InChI=1S/C16H18N2O2S/c1-11(2)20-15-4-3-12(9-17-15)16(19)18-7-5-14-13(10-18)6-8-21-14/h3-4,6,8-9,11H,5,7,10H2,1-2H3. The molecule has 4 nitrogen and oxygen atoms in total. The quantitative estimate of drug-likeness (QED) is 0.875. The van der Waals surface area contributed by atoms with E-state index in [1.165, 1.54) is 10.4 Å². The largest absolute Gasteiger partial charge is 0.475 e. The fraction of sp³-hybridized carbons (Fsp3) is 0.375. The Morgan fingerprint density at radius 2 is 2.24 bits per heavy atom. The van der Waals surface area contributed by atoms with Crippen molar-refractivity contribution in [1.82, 2.24) is 9.88 Å². The van der Waals surface area contributed by atoms with Crippen LogP contribution >= 0.6 is 11.3 Å². The molecule has 1 amide bonds. The highest BCUT2D eigenvalue weighted by Crippen LogP contribution is 2.25. The second-order valence-corrected chi connectivity index (χ2v) is 6.40. The molecule has 110 valence electrons. The highest BCUT2D eigenvalue weighted by atomic mass is 32.1. The normalized spacial score (nSPS) is 14.1. The van der Waals surface area contributed by atoms with Crippen molar-refractivity contribution in [2.45, 2.75) is 32.9 Å². The first-order chi connectivity index (χ1) is 10.1. The third-order valence-electron chi connectivity index (χ3n) is 3.43. The first-order valence-electron chi connectivity index (χ1n) is 7.10. The number of hydrogen-bond acceptors (Lipinski definition) is 4. The average Bonchev–Trinajstić information content (AvgIpc) is 2.94. The lowest BCUT2D eigenvalue weighted by Crippen LogP contribution is -2.35. The maximum absolute atomic E-state index is 12.5. The molecule has 0 unspecified atom stereocenters. The molecule has 2 aromatic rings. The van der Waals surface area contributed by atoms with Gasteiger partial charge in [-0.3, -0.25) is 4.79 Å². The summed E-state index contributed by atoms with van der Waals surface area (Å²) >= 11 is 1.78. The molecule has 1 aliphatic heterocycles. The number of nitrogens with zero attached hydrogens (tertiary/aromatic N) is 2. The number of fused-ring (bicyclic) bond motifs is 1. The Labute approximate surface area is 128 Å². The van der Waals surface area contributed by atoms with Gasteiger partial charge in [-0.05, 0) is 43.3 Å². The summed E-state index contributed by atoms with van der Waals surface area (Å²) in [7, 11) is 0. The molecule has 1 aliphatic rings. The van der Waals surface area contributed by atoms with Crippen molar-refractivity contribution < 1.29 is 9.53 Å². The minimum Gasteiger partial charge on any atom is -0.475 e. The summed E-state index contributed by atoms with van der Waals surface area (Å²) in [6.45, 7) is 5.37. The van der Waals surface area contributed by atoms with Gasteiger partial charge in [0.25, 0.3) is 5.91 Å². The van der Waals surface area contributed by atoms with Crippen LogP contribution in [0.25, 0.3) is 0 Å². The predicted octanol–water partition coefficient (Wildman–Crippen LogP) is 3.13. The van der Waals surface area contributed by atoms with Gasteiger partial charge in [-0.25, -0.2) is 4.98 Å². The molecule has 0 saturated heterocycles. The molecule has 0 N–H and O–H groups in total. The van der Waals surface area contributed by atoms with E-state index >= 15 is 0 Å². The van der Waals surface area contributed by atoms with Crippen molar-refractivity contribution in [2.24, 2.45) is 0 Å². The third kappa shape index (κ3) is 3.08. The van der Waals surface area contributed by atoms with Crippen LogP contribution in [0.15, 0.2) is 29.8 Å². The zero-order valence-corrected chi connectivity index (χ0v) is 13.0. The molecule has 3 heterocycles. The fourth-order valence-electron chi connectivity index (χ4n) is 2.42. The molecule has 0 aliphatic carbocycles. The summed E-state index contributed by atoms with van der Waals surface area (Å²) < 4.78 is 5.50. The molecule has 0 fully saturated rings. The number of pyridine rings is 1. The molecule has 0 spiro atoms. The number of aromatic nitrogens is 1. The molecule has 0 radical (unpaired) electrons. The van der Waals surface area contributed by atoms with Gasteiger partial charge in [0.1, 0.15) is 0 Å². The van der Waals surface area contributed by atoms with Gasteiger partial charge in [-0.1, -0.05) is 0 Å². The first kappa shape index (κ1) is 14.1. The number of amides is 1. The summed E-state index contributed by atoms with van der Waals surface area (Å²) in [5.74, 6) is 0.593. The zero-order chi connectivity index (χ0) is 14.8. The molecule has 21 heavy (non-hydrogen) atoms. The van der Waals surface area contributed by atoms with Gasteiger partial charge in [0.05, 0.1) is 11.7 Å². The van der Waals surface area contributed by atoms with Crippen molar-refractivity contribution in [3.63, 3.8) is 0 Å². The van der Waals surface area contributed by atoms with Crippen LogP contribution in [-0.2, 0) is 13.0 Å². The van der Waals surface area contributed by atoms with Crippen LogP contribution in [0.5, 0.6) is 5.88 Å². The van der Waals surface area contributed by atoms with Gasteiger partial charge in [-0.2, -0.15) is 0 Å². The van der Waals surface area contributed by atoms with E-state index in [1.807, 2.05) is 18.7 Å². The van der Waals surface area contributed by atoms with E-state index in [4.69, 9.17) is 4.74 Å². The molecule has 0 atom stereocenters. The molecule has 5 heteroatoms. The summed E-state index contributed by atoms with van der Waals surface area (Å²) in [5, 5.41) is 2.10. The summed E-state index contributed by atoms with van der Waals surface area (Å²) in [6.07, 6.45) is 2.63. The van der Waals surface area contributed by atoms with Crippen LogP contribution in [0, 0.1) is 0 Å². The Kier molecular flexibility index (Phi) is 3.92. The molecule has 2 aromatic heterocycles. The van der Waals surface area contributed by atoms with Crippen LogP contribution in [0.2, 0.25) is 0 Å². The molecule has 0 bridgehead atoms. The van der Waals surface area contributed by atoms with Crippen LogP contribution in [-0.4, -0.2) is 28.4 Å². The molecular formula is C16H18N2O2S.